The number of rotatable bonds is 0. The molecule has 0 aromatic rings. The van der Waals surface area contributed by atoms with E-state index in [4.69, 9.17) is 0 Å². The van der Waals surface area contributed by atoms with Crippen LogP contribution in [-0.2, 0) is 20.4 Å². The van der Waals surface area contributed by atoms with Gasteiger partial charge in [-0.05, 0) is 0 Å². The summed E-state index contributed by atoms with van der Waals surface area (Å²) in [7, 11) is 0.732. The van der Waals surface area contributed by atoms with E-state index < -0.39 is 0 Å². The van der Waals surface area contributed by atoms with Gasteiger partial charge in [0.2, 0.25) is 0 Å². The van der Waals surface area contributed by atoms with Crippen LogP contribution in [0.3, 0.4) is 0 Å². The minimum absolute atomic E-state index is 0. The average molecular weight is 599 g/mol. The standard InChI is InChI=1S/2C6H12N3P.2ClH.6H2O.Pd/c2*1-7-2-9-3-8(1)5-10(4-7)6-9;;;;;;;;;/h2*1-6H2;2*1H;6*1H2;/p-3. The van der Waals surface area contributed by atoms with Gasteiger partial charge in [-0.2, -0.15) is 0 Å². The van der Waals surface area contributed by atoms with Crippen molar-refractivity contribution in [1.29, 1.82) is 0 Å². The van der Waals surface area contributed by atoms with E-state index in [0.717, 1.165) is 0 Å². The van der Waals surface area contributed by atoms with Crippen LogP contribution in [0.15, 0.2) is 0 Å². The van der Waals surface area contributed by atoms with Crippen LogP contribution in [0.5, 0.6) is 0 Å². The first-order valence-corrected chi connectivity index (χ1v) is 11.4. The summed E-state index contributed by atoms with van der Waals surface area (Å²) in [6.07, 6.45) is 8.51. The smallest absolute Gasteiger partial charge is 0.0537 e. The molecule has 0 saturated carbocycles. The number of hydrogen-bond acceptors (Lipinski definition) is 7. The Bertz CT molecular complexity index is 282. The maximum Gasteiger partial charge on any atom is 0.0537 e. The Balaban J connectivity index is -0.000000101. The number of hydrogen-bond donors (Lipinski definition) is 0. The van der Waals surface area contributed by atoms with Gasteiger partial charge in [0.1, 0.15) is 0 Å². The second kappa shape index (κ2) is 17.1. The van der Waals surface area contributed by atoms with Gasteiger partial charge < -0.3 is 57.7 Å². The molecule has 8 heterocycles. The van der Waals surface area contributed by atoms with Crippen LogP contribution in [0.4, 0.5) is 0 Å². The molecule has 17 heteroatoms. The predicted octanol–water partition coefficient (Wildman–Crippen LogP) is -9.97. The van der Waals surface area contributed by atoms with E-state index in [2.05, 4.69) is 29.4 Å². The summed E-state index contributed by atoms with van der Waals surface area (Å²) in [6.45, 7) is 7.47. The fourth-order valence-corrected chi connectivity index (χ4v) is 9.47. The van der Waals surface area contributed by atoms with Crippen LogP contribution >= 0.6 is 15.8 Å². The van der Waals surface area contributed by atoms with Gasteiger partial charge in [-0.3, -0.25) is 29.4 Å². The summed E-state index contributed by atoms with van der Waals surface area (Å²) in [5, 5.41) is 0. The Morgan fingerprint density at radius 1 is 0.379 bits per heavy atom. The molecular formula is C12H35Cl2N6O6P2Pd-3. The van der Waals surface area contributed by atoms with Gasteiger partial charge in [0.25, 0.3) is 0 Å². The van der Waals surface area contributed by atoms with Crippen molar-refractivity contribution in [2.24, 2.45) is 0 Å². The van der Waals surface area contributed by atoms with Crippen LogP contribution in [0.1, 0.15) is 0 Å². The topological polar surface area (TPSA) is 207 Å². The summed E-state index contributed by atoms with van der Waals surface area (Å²) >= 11 is 0. The van der Waals surface area contributed by atoms with Gasteiger partial charge in [-0.25, -0.2) is 0 Å². The third-order valence-electron chi connectivity index (χ3n) is 4.80. The summed E-state index contributed by atoms with van der Waals surface area (Å²) in [5.41, 5.74) is 0. The van der Waals surface area contributed by atoms with Crippen molar-refractivity contribution in [3.05, 3.63) is 0 Å². The monoisotopic (exact) mass is 597 g/mol. The third kappa shape index (κ3) is 9.18. The molecule has 8 rings (SSSR count). The molecule has 12 nitrogen and oxygen atoms in total. The molecule has 8 saturated heterocycles. The van der Waals surface area contributed by atoms with Crippen molar-refractivity contribution in [1.82, 2.24) is 29.4 Å². The van der Waals surface area contributed by atoms with Crippen LogP contribution in [0.25, 0.3) is 0 Å². The minimum atomic E-state index is 0. The molecule has 0 atom stereocenters. The first kappa shape index (κ1) is 40.9. The molecule has 186 valence electrons. The fourth-order valence-electron chi connectivity index (χ4n) is 4.47. The molecule has 0 amide bonds. The largest absolute Gasteiger partial charge is 1.00 e. The minimum Gasteiger partial charge on any atom is -1.00 e. The van der Waals surface area contributed by atoms with Crippen LogP contribution in [-0.4, -0.2) is 140 Å². The second-order valence-electron chi connectivity index (χ2n) is 7.06. The van der Waals surface area contributed by atoms with Crippen molar-refractivity contribution in [2.45, 2.75) is 0 Å². The summed E-state index contributed by atoms with van der Waals surface area (Å²) in [5.74, 6) is 0. The summed E-state index contributed by atoms with van der Waals surface area (Å²) in [4.78, 5) is 15.4. The molecule has 8 fully saturated rings. The number of halogens is 2. The van der Waals surface area contributed by atoms with Gasteiger partial charge in [-0.1, -0.05) is 15.8 Å². The first-order chi connectivity index (χ1) is 9.80. The van der Waals surface area contributed by atoms with Gasteiger partial charge in [0.05, 0.1) is 40.0 Å². The SMILES string of the molecule is C1N2CN3CN1CP(C2)C3.C1N2CN3CN1CP(C2)C3.O.O.O.O.O.[Cl-].[Cl-].[OH-].[Pd]. The first-order valence-electron chi connectivity index (χ1n) is 7.59. The van der Waals surface area contributed by atoms with E-state index >= 15 is 0 Å². The van der Waals surface area contributed by atoms with E-state index in [1.54, 1.807) is 0 Å². The number of nitrogens with zero attached hydrogens (tertiary/aromatic N) is 6. The second-order valence-corrected chi connectivity index (χ2v) is 11.4. The molecule has 0 unspecified atom stereocenters. The Morgan fingerprint density at radius 3 is 0.621 bits per heavy atom. The molecule has 0 aliphatic carbocycles. The van der Waals surface area contributed by atoms with E-state index in [1.807, 2.05) is 0 Å². The maximum absolute atomic E-state index is 2.57. The Labute approximate surface area is 200 Å². The zero-order valence-corrected chi connectivity index (χ0v) is 20.9. The normalized spacial score (nSPS) is 39.7. The third-order valence-corrected chi connectivity index (χ3v) is 9.60. The summed E-state index contributed by atoms with van der Waals surface area (Å²) in [6, 6.07) is 0. The molecule has 8 aliphatic rings. The Morgan fingerprint density at radius 2 is 0.517 bits per heavy atom. The van der Waals surface area contributed by atoms with Crippen molar-refractivity contribution in [3.8, 4) is 0 Å². The predicted molar refractivity (Wildman–Crippen MR) is 103 cm³/mol. The van der Waals surface area contributed by atoms with E-state index in [1.165, 1.54) is 77.7 Å². The zero-order valence-electron chi connectivity index (χ0n) is 16.1. The molecule has 0 spiro atoms. The fraction of sp³-hybridized carbons (Fsp3) is 1.00. The van der Waals surface area contributed by atoms with Crippen LogP contribution in [0.2, 0.25) is 0 Å². The van der Waals surface area contributed by atoms with Gasteiger partial charge in [0.15, 0.2) is 0 Å². The molecular weight excluding hydrogens is 563 g/mol. The molecule has 0 aromatic carbocycles. The van der Waals surface area contributed by atoms with Crippen molar-refractivity contribution in [2.75, 3.05) is 77.7 Å². The zero-order chi connectivity index (χ0) is 13.1. The van der Waals surface area contributed by atoms with Crippen LogP contribution < -0.4 is 24.8 Å². The van der Waals surface area contributed by atoms with Crippen molar-refractivity contribution in [3.63, 3.8) is 0 Å². The van der Waals surface area contributed by atoms with E-state index in [0.29, 0.717) is 15.8 Å². The molecule has 8 aliphatic heterocycles. The van der Waals surface area contributed by atoms with Crippen molar-refractivity contribution >= 4 is 15.8 Å². The summed E-state index contributed by atoms with van der Waals surface area (Å²) < 4.78 is 0. The van der Waals surface area contributed by atoms with Gasteiger partial charge in [0, 0.05) is 58.1 Å². The van der Waals surface area contributed by atoms with Crippen LogP contribution in [0, 0.1) is 0 Å². The Kier molecular flexibility index (Phi) is 24.2. The molecule has 0 radical (unpaired) electrons. The molecule has 0 aromatic heterocycles. The Hall–Kier alpha value is 1.62. The molecule has 11 N–H and O–H groups in total. The average Bonchev–Trinajstić information content (AvgIpc) is 2.35. The van der Waals surface area contributed by atoms with Gasteiger partial charge in [-0.15, -0.1) is 0 Å². The quantitative estimate of drug-likeness (QED) is 0.194. The van der Waals surface area contributed by atoms with Gasteiger partial charge >= 0.3 is 0 Å². The van der Waals surface area contributed by atoms with Crippen molar-refractivity contribution < 1.29 is 78.1 Å². The molecule has 8 bridgehead atoms. The molecule has 29 heavy (non-hydrogen) atoms. The van der Waals surface area contributed by atoms with E-state index in [9.17, 15) is 0 Å². The maximum atomic E-state index is 2.57. The van der Waals surface area contributed by atoms with E-state index in [-0.39, 0.29) is 78.1 Å².